The molecule has 0 saturated carbocycles. The van der Waals surface area contributed by atoms with Gasteiger partial charge in [0.25, 0.3) is 0 Å². The zero-order chi connectivity index (χ0) is 9.84. The van der Waals surface area contributed by atoms with Crippen LogP contribution in [0.5, 0.6) is 0 Å². The van der Waals surface area contributed by atoms with Crippen molar-refractivity contribution in [3.63, 3.8) is 0 Å². The fraction of sp³-hybridized carbons (Fsp3) is 0.100. The number of halogens is 1. The summed E-state index contributed by atoms with van der Waals surface area (Å²) < 4.78 is 0.892. The van der Waals surface area contributed by atoms with Gasteiger partial charge >= 0.3 is 0 Å². The number of hydrogen-bond donors (Lipinski definition) is 1. The van der Waals surface area contributed by atoms with E-state index in [1.54, 1.807) is 7.05 Å². The molecule has 1 heterocycles. The molecule has 1 rings (SSSR count). The first-order valence-electron chi connectivity index (χ1n) is 3.80. The van der Waals surface area contributed by atoms with Gasteiger partial charge in [-0.15, -0.1) is 0 Å². The Morgan fingerprint density at radius 3 is 2.69 bits per heavy atom. The van der Waals surface area contributed by atoms with Gasteiger partial charge in [-0.3, -0.25) is 4.99 Å². The zero-order valence-corrected chi connectivity index (χ0v) is 9.63. The van der Waals surface area contributed by atoms with Crippen molar-refractivity contribution < 1.29 is 0 Å². The van der Waals surface area contributed by atoms with E-state index in [-0.39, 0.29) is 0 Å². The second-order valence-electron chi connectivity index (χ2n) is 2.57. The minimum Gasteiger partial charge on any atom is -0.367 e. The molecule has 2 nitrogen and oxygen atoms in total. The summed E-state index contributed by atoms with van der Waals surface area (Å²) in [6.45, 7) is 7.89. The highest BCUT2D eigenvalue weighted by Crippen LogP contribution is 2.22. The lowest BCUT2D eigenvalue weighted by molar-refractivity contribution is 1.41. The number of nitrogens with zero attached hydrogens (tertiary/aromatic N) is 1. The summed E-state index contributed by atoms with van der Waals surface area (Å²) in [5.41, 5.74) is 2.85. The van der Waals surface area contributed by atoms with Gasteiger partial charge in [0.1, 0.15) is 3.72 Å². The first-order valence-corrected chi connectivity index (χ1v) is 4.88. The lowest BCUT2D eigenvalue weighted by atomic mass is 10.1. The number of aliphatic imine (C=N–C) groups is 1. The number of rotatable bonds is 3. The SMILES string of the molecule is C=C(C(=C)c1cc[nH]c1)/C(I)=N\C. The van der Waals surface area contributed by atoms with Crippen LogP contribution in [-0.2, 0) is 0 Å². The molecule has 1 aromatic rings. The molecule has 1 aromatic heterocycles. The van der Waals surface area contributed by atoms with Crippen molar-refractivity contribution in [2.45, 2.75) is 0 Å². The van der Waals surface area contributed by atoms with Crippen LogP contribution in [0.2, 0.25) is 0 Å². The van der Waals surface area contributed by atoms with Gasteiger partial charge in [0, 0.05) is 25.0 Å². The van der Waals surface area contributed by atoms with Crippen molar-refractivity contribution in [2.75, 3.05) is 7.05 Å². The summed E-state index contributed by atoms with van der Waals surface area (Å²) in [6.07, 6.45) is 3.76. The Morgan fingerprint density at radius 2 is 2.23 bits per heavy atom. The highest BCUT2D eigenvalue weighted by atomic mass is 127. The summed E-state index contributed by atoms with van der Waals surface area (Å²) in [5.74, 6) is 0. The minimum absolute atomic E-state index is 0.878. The van der Waals surface area contributed by atoms with Gasteiger partial charge in [0.05, 0.1) is 0 Å². The summed E-state index contributed by atoms with van der Waals surface area (Å²) in [5, 5.41) is 0. The molecule has 0 aromatic carbocycles. The van der Waals surface area contributed by atoms with Crippen LogP contribution in [0.3, 0.4) is 0 Å². The standard InChI is InChI=1S/C10H11IN2/c1-7(8(2)10(11)12-3)9-4-5-13-6-9/h4-6,13H,1-2H2,3H3/b12-10+. The predicted octanol–water partition coefficient (Wildman–Crippen LogP) is 3.05. The van der Waals surface area contributed by atoms with Crippen LogP contribution in [-0.4, -0.2) is 15.8 Å². The van der Waals surface area contributed by atoms with Crippen molar-refractivity contribution in [1.29, 1.82) is 0 Å². The van der Waals surface area contributed by atoms with E-state index in [9.17, 15) is 0 Å². The molecule has 3 heteroatoms. The molecule has 0 unspecified atom stereocenters. The Kier molecular flexibility index (Phi) is 3.48. The Balaban J connectivity index is 2.87. The largest absolute Gasteiger partial charge is 0.367 e. The molecule has 0 spiro atoms. The fourth-order valence-electron chi connectivity index (χ4n) is 0.945. The maximum Gasteiger partial charge on any atom is 0.102 e. The molecule has 0 fully saturated rings. The van der Waals surface area contributed by atoms with Gasteiger partial charge in [0.15, 0.2) is 0 Å². The van der Waals surface area contributed by atoms with Crippen LogP contribution in [0, 0.1) is 0 Å². The number of nitrogens with one attached hydrogen (secondary N) is 1. The zero-order valence-electron chi connectivity index (χ0n) is 7.47. The maximum absolute atomic E-state index is 4.05. The van der Waals surface area contributed by atoms with Gasteiger partial charge in [-0.1, -0.05) is 13.2 Å². The van der Waals surface area contributed by atoms with Crippen LogP contribution >= 0.6 is 22.6 Å². The normalized spacial score (nSPS) is 11.4. The fourth-order valence-corrected chi connectivity index (χ4v) is 1.27. The molecule has 13 heavy (non-hydrogen) atoms. The third-order valence-electron chi connectivity index (χ3n) is 1.76. The van der Waals surface area contributed by atoms with Crippen LogP contribution in [0.15, 0.2) is 42.2 Å². The van der Waals surface area contributed by atoms with E-state index in [1.807, 2.05) is 18.5 Å². The highest BCUT2D eigenvalue weighted by molar-refractivity contribution is 14.1. The van der Waals surface area contributed by atoms with Crippen molar-refractivity contribution >= 4 is 31.9 Å². The minimum atomic E-state index is 0.878. The second-order valence-corrected chi connectivity index (χ2v) is 3.59. The lowest BCUT2D eigenvalue weighted by Gasteiger charge is -2.04. The van der Waals surface area contributed by atoms with E-state index in [0.29, 0.717) is 0 Å². The second kappa shape index (κ2) is 4.41. The smallest absolute Gasteiger partial charge is 0.102 e. The van der Waals surface area contributed by atoms with Gasteiger partial charge in [-0.2, -0.15) is 0 Å². The predicted molar refractivity (Wildman–Crippen MR) is 66.3 cm³/mol. The Labute approximate surface area is 91.6 Å². The molecule has 1 N–H and O–H groups in total. The molecule has 68 valence electrons. The maximum atomic E-state index is 4.05. The van der Waals surface area contributed by atoms with Crippen molar-refractivity contribution in [2.24, 2.45) is 4.99 Å². The van der Waals surface area contributed by atoms with E-state index in [1.165, 1.54) is 0 Å². The first kappa shape index (κ1) is 10.2. The molecule has 0 radical (unpaired) electrons. The molecule has 0 atom stereocenters. The van der Waals surface area contributed by atoms with Gasteiger partial charge in [-0.05, 0) is 39.8 Å². The van der Waals surface area contributed by atoms with Gasteiger partial charge in [0.2, 0.25) is 0 Å². The molecular formula is C10H11IN2. The molecular weight excluding hydrogens is 275 g/mol. The Hall–Kier alpha value is -0.840. The molecule has 0 bridgehead atoms. The number of H-pyrrole nitrogens is 1. The summed E-state index contributed by atoms with van der Waals surface area (Å²) in [6, 6.07) is 1.97. The lowest BCUT2D eigenvalue weighted by Crippen LogP contribution is -1.93. The number of allylic oxidation sites excluding steroid dienone is 2. The van der Waals surface area contributed by atoms with Crippen LogP contribution in [0.1, 0.15) is 5.56 Å². The average molecular weight is 286 g/mol. The molecule has 0 aliphatic heterocycles. The van der Waals surface area contributed by atoms with E-state index in [4.69, 9.17) is 0 Å². The first-order chi connectivity index (χ1) is 6.16. The summed E-state index contributed by atoms with van der Waals surface area (Å²) in [4.78, 5) is 7.03. The Bertz CT molecular complexity index is 347. The van der Waals surface area contributed by atoms with Crippen LogP contribution in [0.4, 0.5) is 0 Å². The molecule has 0 aliphatic rings. The Morgan fingerprint density at radius 1 is 1.54 bits per heavy atom. The summed E-state index contributed by atoms with van der Waals surface area (Å²) >= 11 is 2.15. The van der Waals surface area contributed by atoms with Gasteiger partial charge < -0.3 is 4.98 Å². The average Bonchev–Trinajstić information content (AvgIpc) is 2.67. The third-order valence-corrected chi connectivity index (χ3v) is 2.89. The van der Waals surface area contributed by atoms with Crippen molar-refractivity contribution in [3.05, 3.63) is 42.8 Å². The quantitative estimate of drug-likeness (QED) is 0.502. The van der Waals surface area contributed by atoms with Crippen LogP contribution in [0.25, 0.3) is 5.57 Å². The number of hydrogen-bond acceptors (Lipinski definition) is 1. The van der Waals surface area contributed by atoms with Crippen molar-refractivity contribution in [3.8, 4) is 0 Å². The van der Waals surface area contributed by atoms with E-state index < -0.39 is 0 Å². The molecule has 0 aliphatic carbocycles. The topological polar surface area (TPSA) is 28.1 Å². The number of aromatic nitrogens is 1. The van der Waals surface area contributed by atoms with Crippen molar-refractivity contribution in [1.82, 2.24) is 4.98 Å². The molecule has 0 amide bonds. The molecule has 0 saturated heterocycles. The number of aromatic amines is 1. The van der Waals surface area contributed by atoms with E-state index >= 15 is 0 Å². The van der Waals surface area contributed by atoms with E-state index in [0.717, 1.165) is 20.4 Å². The van der Waals surface area contributed by atoms with Gasteiger partial charge in [-0.25, -0.2) is 0 Å². The monoisotopic (exact) mass is 286 g/mol. The third kappa shape index (κ3) is 2.30. The highest BCUT2D eigenvalue weighted by Gasteiger charge is 2.06. The summed E-state index contributed by atoms with van der Waals surface area (Å²) in [7, 11) is 1.75. The van der Waals surface area contributed by atoms with E-state index in [2.05, 4.69) is 45.7 Å². The van der Waals surface area contributed by atoms with Crippen LogP contribution < -0.4 is 0 Å².